The molecule has 150 valence electrons. The van der Waals surface area contributed by atoms with Crippen molar-refractivity contribution in [3.63, 3.8) is 0 Å². The Morgan fingerprint density at radius 2 is 2.00 bits per heavy atom. The van der Waals surface area contributed by atoms with Crippen molar-refractivity contribution in [3.05, 3.63) is 75.6 Å². The van der Waals surface area contributed by atoms with Gasteiger partial charge in [0.2, 0.25) is 0 Å². The smallest absolute Gasteiger partial charge is 0.284 e. The van der Waals surface area contributed by atoms with Gasteiger partial charge in [-0.25, -0.2) is 0 Å². The topological polar surface area (TPSA) is 103 Å². The fourth-order valence-corrected chi connectivity index (χ4v) is 3.66. The average molecular weight is 411 g/mol. The largest absolute Gasteiger partial charge is 0.345 e. The number of benzene rings is 2. The molecule has 9 heteroatoms. The number of carbonyl (C=O) groups excluding carboxylic acids is 1. The van der Waals surface area contributed by atoms with Crippen molar-refractivity contribution in [1.29, 1.82) is 0 Å². The monoisotopic (exact) mass is 411 g/mol. The zero-order chi connectivity index (χ0) is 21.0. The molecule has 1 amide bonds. The maximum absolute atomic E-state index is 12.7. The second-order valence-electron chi connectivity index (χ2n) is 6.61. The number of nitrogens with zero attached hydrogens (tertiary/aromatic N) is 4. The molecule has 1 heterocycles. The molecule has 0 aliphatic rings. The molecule has 0 saturated heterocycles. The van der Waals surface area contributed by atoms with Gasteiger partial charge in [-0.2, -0.15) is 0 Å². The Morgan fingerprint density at radius 3 is 2.59 bits per heavy atom. The van der Waals surface area contributed by atoms with Crippen LogP contribution in [0.2, 0.25) is 0 Å². The highest BCUT2D eigenvalue weighted by Crippen LogP contribution is 2.34. The van der Waals surface area contributed by atoms with Gasteiger partial charge in [-0.3, -0.25) is 14.9 Å². The van der Waals surface area contributed by atoms with Crippen LogP contribution in [0.3, 0.4) is 0 Å². The Balaban J connectivity index is 1.83. The van der Waals surface area contributed by atoms with Gasteiger partial charge in [0, 0.05) is 18.7 Å². The predicted molar refractivity (Wildman–Crippen MR) is 110 cm³/mol. The van der Waals surface area contributed by atoms with Gasteiger partial charge in [-0.15, -0.1) is 10.2 Å². The molecule has 29 heavy (non-hydrogen) atoms. The molecule has 0 radical (unpaired) electrons. The number of aromatic nitrogens is 3. The molecule has 1 N–H and O–H groups in total. The SMILES string of the molecule is CC[C@@H](NC(=O)c1ccc(Sc2nncn2C)c([N+](=O)[O-])c1)c1ccc(C)cc1. The maximum atomic E-state index is 12.7. The maximum Gasteiger partial charge on any atom is 0.284 e. The van der Waals surface area contributed by atoms with Crippen molar-refractivity contribution < 1.29 is 9.72 Å². The normalized spacial score (nSPS) is 11.8. The summed E-state index contributed by atoms with van der Waals surface area (Å²) < 4.78 is 1.67. The van der Waals surface area contributed by atoms with E-state index < -0.39 is 4.92 Å². The Labute approximate surface area is 172 Å². The van der Waals surface area contributed by atoms with E-state index >= 15 is 0 Å². The molecule has 8 nitrogen and oxygen atoms in total. The van der Waals surface area contributed by atoms with Gasteiger partial charge >= 0.3 is 0 Å². The first-order chi connectivity index (χ1) is 13.9. The molecular weight excluding hydrogens is 390 g/mol. The van der Waals surface area contributed by atoms with Crippen LogP contribution >= 0.6 is 11.8 Å². The standard InChI is InChI=1S/C20H21N5O3S/c1-4-16(14-7-5-13(2)6-8-14)22-19(26)15-9-10-18(17(11-15)25(27)28)29-20-23-21-12-24(20)3/h5-12,16H,4H2,1-3H3,(H,22,26)/t16-/m1/s1. The second-order valence-corrected chi connectivity index (χ2v) is 7.62. The molecule has 0 aliphatic heterocycles. The highest BCUT2D eigenvalue weighted by atomic mass is 32.2. The fraction of sp³-hybridized carbons (Fsp3) is 0.250. The highest BCUT2D eigenvalue weighted by molar-refractivity contribution is 7.99. The molecule has 2 aromatic carbocycles. The van der Waals surface area contributed by atoms with Gasteiger partial charge in [0.15, 0.2) is 5.16 Å². The summed E-state index contributed by atoms with van der Waals surface area (Å²) in [6, 6.07) is 12.2. The molecule has 0 saturated carbocycles. The molecule has 0 aliphatic carbocycles. The first-order valence-electron chi connectivity index (χ1n) is 9.06. The predicted octanol–water partition coefficient (Wildman–Crippen LogP) is 4.06. The Morgan fingerprint density at radius 1 is 1.28 bits per heavy atom. The molecule has 3 aromatic rings. The number of hydrogen-bond donors (Lipinski definition) is 1. The van der Waals surface area contributed by atoms with Gasteiger partial charge in [-0.1, -0.05) is 36.8 Å². The summed E-state index contributed by atoms with van der Waals surface area (Å²) in [7, 11) is 1.76. The number of nitro groups is 1. The van der Waals surface area contributed by atoms with E-state index in [0.717, 1.165) is 22.9 Å². The second kappa shape index (κ2) is 8.87. The molecule has 0 spiro atoms. The van der Waals surface area contributed by atoms with Crippen LogP contribution in [0.1, 0.15) is 40.9 Å². The zero-order valence-electron chi connectivity index (χ0n) is 16.3. The number of amides is 1. The highest BCUT2D eigenvalue weighted by Gasteiger charge is 2.21. The summed E-state index contributed by atoms with van der Waals surface area (Å²) in [4.78, 5) is 24.2. The summed E-state index contributed by atoms with van der Waals surface area (Å²) in [6.45, 7) is 3.98. The van der Waals surface area contributed by atoms with E-state index in [9.17, 15) is 14.9 Å². The molecule has 0 fully saturated rings. The van der Waals surface area contributed by atoms with Crippen LogP contribution in [0.25, 0.3) is 0 Å². The summed E-state index contributed by atoms with van der Waals surface area (Å²) in [5.74, 6) is -0.351. The van der Waals surface area contributed by atoms with Crippen molar-refractivity contribution >= 4 is 23.4 Å². The summed E-state index contributed by atoms with van der Waals surface area (Å²) >= 11 is 1.13. The van der Waals surface area contributed by atoms with Crippen molar-refractivity contribution in [2.24, 2.45) is 7.05 Å². The lowest BCUT2D eigenvalue weighted by Crippen LogP contribution is -2.28. The third-order valence-electron chi connectivity index (χ3n) is 4.48. The molecular formula is C20H21N5O3S. The van der Waals surface area contributed by atoms with Crippen LogP contribution in [-0.4, -0.2) is 25.6 Å². The van der Waals surface area contributed by atoms with Crippen molar-refractivity contribution in [2.45, 2.75) is 36.4 Å². The lowest BCUT2D eigenvalue weighted by Gasteiger charge is -2.18. The first kappa shape index (κ1) is 20.5. The van der Waals surface area contributed by atoms with E-state index in [0.29, 0.717) is 16.5 Å². The first-order valence-corrected chi connectivity index (χ1v) is 9.88. The quantitative estimate of drug-likeness (QED) is 0.464. The van der Waals surface area contributed by atoms with E-state index in [1.807, 2.05) is 38.1 Å². The third-order valence-corrected chi connectivity index (χ3v) is 5.60. The summed E-state index contributed by atoms with van der Waals surface area (Å²) in [5, 5.41) is 22.8. The van der Waals surface area contributed by atoms with Gasteiger partial charge in [0.1, 0.15) is 6.33 Å². The number of hydrogen-bond acceptors (Lipinski definition) is 6. The summed E-state index contributed by atoms with van der Waals surface area (Å²) in [5.41, 5.74) is 2.23. The van der Waals surface area contributed by atoms with Crippen molar-refractivity contribution in [2.75, 3.05) is 0 Å². The third kappa shape index (κ3) is 4.80. The molecule has 1 atom stereocenters. The molecule has 0 bridgehead atoms. The van der Waals surface area contributed by atoms with E-state index in [1.54, 1.807) is 23.7 Å². The van der Waals surface area contributed by atoms with Crippen LogP contribution in [0.5, 0.6) is 0 Å². The molecule has 1 aromatic heterocycles. The zero-order valence-corrected chi connectivity index (χ0v) is 17.1. The number of carbonyl (C=O) groups is 1. The minimum absolute atomic E-state index is 0.144. The number of nitro benzene ring substituents is 1. The van der Waals surface area contributed by atoms with E-state index in [-0.39, 0.29) is 23.2 Å². The van der Waals surface area contributed by atoms with Crippen LogP contribution < -0.4 is 5.32 Å². The van der Waals surface area contributed by atoms with Crippen LogP contribution in [0.4, 0.5) is 5.69 Å². The Bertz CT molecular complexity index is 1030. The number of nitrogens with one attached hydrogen (secondary N) is 1. The number of rotatable bonds is 7. The lowest BCUT2D eigenvalue weighted by molar-refractivity contribution is -0.387. The van der Waals surface area contributed by atoms with Crippen LogP contribution in [0, 0.1) is 17.0 Å². The van der Waals surface area contributed by atoms with E-state index in [4.69, 9.17) is 0 Å². The minimum Gasteiger partial charge on any atom is -0.345 e. The van der Waals surface area contributed by atoms with Gasteiger partial charge in [-0.05, 0) is 42.8 Å². The molecule has 3 rings (SSSR count). The van der Waals surface area contributed by atoms with Crippen molar-refractivity contribution in [1.82, 2.24) is 20.1 Å². The van der Waals surface area contributed by atoms with Gasteiger partial charge in [0.05, 0.1) is 15.9 Å². The van der Waals surface area contributed by atoms with Gasteiger partial charge in [0.25, 0.3) is 11.6 Å². The Hall–Kier alpha value is -3.20. The van der Waals surface area contributed by atoms with Crippen LogP contribution in [0.15, 0.2) is 58.8 Å². The fourth-order valence-electron chi connectivity index (χ4n) is 2.81. The van der Waals surface area contributed by atoms with Crippen LogP contribution in [-0.2, 0) is 7.05 Å². The lowest BCUT2D eigenvalue weighted by atomic mass is 10.0. The molecule has 0 unspecified atom stereocenters. The minimum atomic E-state index is -0.493. The van der Waals surface area contributed by atoms with Gasteiger partial charge < -0.3 is 9.88 Å². The van der Waals surface area contributed by atoms with Crippen molar-refractivity contribution in [3.8, 4) is 0 Å². The average Bonchev–Trinajstić information content (AvgIpc) is 3.11. The summed E-state index contributed by atoms with van der Waals surface area (Å²) in [6.07, 6.45) is 2.23. The Kier molecular flexibility index (Phi) is 6.28. The number of aryl methyl sites for hydroxylation is 2. The van der Waals surface area contributed by atoms with E-state index in [1.165, 1.54) is 12.4 Å². The van der Waals surface area contributed by atoms with E-state index in [2.05, 4.69) is 15.5 Å².